The molecule has 0 saturated carbocycles. The fraction of sp³-hybridized carbons (Fsp3) is 0.263. The van der Waals surface area contributed by atoms with Crippen molar-refractivity contribution < 1.29 is 19.2 Å². The molecule has 8 nitrogen and oxygen atoms in total. The first-order valence-electron chi connectivity index (χ1n) is 8.78. The van der Waals surface area contributed by atoms with Gasteiger partial charge in [0.25, 0.3) is 5.91 Å². The number of hydrogen-bond donors (Lipinski definition) is 1. The summed E-state index contributed by atoms with van der Waals surface area (Å²) in [6.45, 7) is 2.15. The van der Waals surface area contributed by atoms with E-state index in [1.807, 2.05) is 6.92 Å². The zero-order chi connectivity index (χ0) is 19.9. The molecule has 0 fully saturated rings. The summed E-state index contributed by atoms with van der Waals surface area (Å²) in [5, 5.41) is 10.9. The number of benzene rings is 2. The fourth-order valence-electron chi connectivity index (χ4n) is 2.37. The van der Waals surface area contributed by atoms with Crippen LogP contribution in [0.15, 0.2) is 42.5 Å². The standard InChI is InChI=1S/C19H19ClN4O4/c1-2-3-10-27-19(26)13-4-7-15(8-5-13)21-18(25)12-28-24-17-11-14(20)6-9-16(17)22-23-24/h4-9,11H,2-3,10,12H2,1H3,(H,21,25). The zero-order valence-corrected chi connectivity index (χ0v) is 16.0. The molecule has 0 aliphatic rings. The van der Waals surface area contributed by atoms with Crippen molar-refractivity contribution in [2.45, 2.75) is 19.8 Å². The quantitative estimate of drug-likeness (QED) is 0.459. The van der Waals surface area contributed by atoms with Crippen LogP contribution in [-0.4, -0.2) is 40.2 Å². The minimum atomic E-state index is -0.385. The number of nitrogens with zero attached hydrogens (tertiary/aromatic N) is 3. The van der Waals surface area contributed by atoms with Gasteiger partial charge in [0, 0.05) is 10.7 Å². The lowest BCUT2D eigenvalue weighted by Gasteiger charge is -2.08. The largest absolute Gasteiger partial charge is 0.462 e. The Morgan fingerprint density at radius 3 is 2.71 bits per heavy atom. The van der Waals surface area contributed by atoms with E-state index in [9.17, 15) is 9.59 Å². The van der Waals surface area contributed by atoms with Gasteiger partial charge in [0.15, 0.2) is 6.61 Å². The van der Waals surface area contributed by atoms with Crippen molar-refractivity contribution in [3.8, 4) is 0 Å². The Bertz CT molecular complexity index is 972. The predicted octanol–water partition coefficient (Wildman–Crippen LogP) is 3.11. The van der Waals surface area contributed by atoms with Crippen molar-refractivity contribution in [1.82, 2.24) is 15.2 Å². The lowest BCUT2D eigenvalue weighted by Crippen LogP contribution is -2.26. The minimum Gasteiger partial charge on any atom is -0.462 e. The topological polar surface area (TPSA) is 95.3 Å². The number of hydrogen-bond acceptors (Lipinski definition) is 6. The smallest absolute Gasteiger partial charge is 0.338 e. The van der Waals surface area contributed by atoms with Gasteiger partial charge in [-0.1, -0.05) is 29.8 Å². The van der Waals surface area contributed by atoms with Gasteiger partial charge in [-0.2, -0.15) is 0 Å². The van der Waals surface area contributed by atoms with Gasteiger partial charge in [0.2, 0.25) is 0 Å². The molecule has 146 valence electrons. The molecule has 1 aromatic heterocycles. The number of rotatable bonds is 8. The van der Waals surface area contributed by atoms with Crippen LogP contribution in [0.4, 0.5) is 5.69 Å². The van der Waals surface area contributed by atoms with E-state index in [1.54, 1.807) is 42.5 Å². The molecule has 0 saturated heterocycles. The van der Waals surface area contributed by atoms with E-state index >= 15 is 0 Å². The van der Waals surface area contributed by atoms with E-state index in [1.165, 1.54) is 0 Å². The van der Waals surface area contributed by atoms with Crippen molar-refractivity contribution >= 4 is 40.2 Å². The average Bonchev–Trinajstić information content (AvgIpc) is 3.09. The molecule has 0 aliphatic carbocycles. The molecule has 1 heterocycles. The monoisotopic (exact) mass is 402 g/mol. The molecule has 0 bridgehead atoms. The normalized spacial score (nSPS) is 10.6. The number of esters is 1. The Morgan fingerprint density at radius 1 is 1.18 bits per heavy atom. The van der Waals surface area contributed by atoms with Gasteiger partial charge >= 0.3 is 5.97 Å². The summed E-state index contributed by atoms with van der Waals surface area (Å²) < 4.78 is 5.14. The van der Waals surface area contributed by atoms with Crippen LogP contribution in [0.5, 0.6) is 0 Å². The maximum atomic E-state index is 12.1. The van der Waals surface area contributed by atoms with Crippen molar-refractivity contribution in [1.29, 1.82) is 0 Å². The second kappa shape index (κ2) is 9.18. The van der Waals surface area contributed by atoms with Gasteiger partial charge in [-0.15, -0.1) is 5.10 Å². The first kappa shape index (κ1) is 19.6. The molecule has 0 atom stereocenters. The van der Waals surface area contributed by atoms with Crippen LogP contribution >= 0.6 is 11.6 Å². The molecular formula is C19H19ClN4O4. The van der Waals surface area contributed by atoms with Crippen LogP contribution in [-0.2, 0) is 9.53 Å². The van der Waals surface area contributed by atoms with Gasteiger partial charge < -0.3 is 14.9 Å². The summed E-state index contributed by atoms with van der Waals surface area (Å²) in [7, 11) is 0. The predicted molar refractivity (Wildman–Crippen MR) is 104 cm³/mol. The maximum absolute atomic E-state index is 12.1. The average molecular weight is 403 g/mol. The Hall–Kier alpha value is -3.13. The molecule has 9 heteroatoms. The molecule has 2 aromatic carbocycles. The lowest BCUT2D eigenvalue weighted by molar-refractivity contribution is -0.121. The van der Waals surface area contributed by atoms with E-state index in [4.69, 9.17) is 21.2 Å². The van der Waals surface area contributed by atoms with Gasteiger partial charge in [0.05, 0.1) is 12.2 Å². The Morgan fingerprint density at radius 2 is 1.96 bits per heavy atom. The summed E-state index contributed by atoms with van der Waals surface area (Å²) in [6.07, 6.45) is 1.78. The SMILES string of the molecule is CCCCOC(=O)c1ccc(NC(=O)COn2nnc3ccc(Cl)cc32)cc1. The van der Waals surface area contributed by atoms with Crippen LogP contribution in [0.3, 0.4) is 0 Å². The molecule has 0 radical (unpaired) electrons. The molecule has 1 N–H and O–H groups in total. The minimum absolute atomic E-state index is 0.272. The Kier molecular flexibility index (Phi) is 6.44. The van der Waals surface area contributed by atoms with E-state index in [0.29, 0.717) is 33.9 Å². The van der Waals surface area contributed by atoms with Crippen LogP contribution in [0.25, 0.3) is 11.0 Å². The van der Waals surface area contributed by atoms with Gasteiger partial charge in [-0.25, -0.2) is 4.79 Å². The second-order valence-corrected chi connectivity index (χ2v) is 6.42. The van der Waals surface area contributed by atoms with Gasteiger partial charge in [-0.05, 0) is 54.1 Å². The summed E-state index contributed by atoms with van der Waals surface area (Å²) in [6, 6.07) is 11.5. The third-order valence-electron chi connectivity index (χ3n) is 3.83. The van der Waals surface area contributed by atoms with Gasteiger partial charge in [-0.3, -0.25) is 4.79 Å². The van der Waals surface area contributed by atoms with Crippen molar-refractivity contribution in [2.75, 3.05) is 18.5 Å². The first-order chi connectivity index (χ1) is 13.6. The van der Waals surface area contributed by atoms with Crippen molar-refractivity contribution in [3.63, 3.8) is 0 Å². The van der Waals surface area contributed by atoms with Crippen molar-refractivity contribution in [3.05, 3.63) is 53.1 Å². The number of fused-ring (bicyclic) bond motifs is 1. The highest BCUT2D eigenvalue weighted by Crippen LogP contribution is 2.16. The van der Waals surface area contributed by atoms with Crippen LogP contribution in [0.1, 0.15) is 30.1 Å². The van der Waals surface area contributed by atoms with E-state index < -0.39 is 0 Å². The molecule has 28 heavy (non-hydrogen) atoms. The van der Waals surface area contributed by atoms with E-state index in [-0.39, 0.29) is 18.5 Å². The molecule has 3 aromatic rings. The lowest BCUT2D eigenvalue weighted by atomic mass is 10.2. The number of nitrogens with one attached hydrogen (secondary N) is 1. The van der Waals surface area contributed by atoms with Crippen LogP contribution in [0, 0.1) is 0 Å². The number of amides is 1. The van der Waals surface area contributed by atoms with Crippen molar-refractivity contribution in [2.24, 2.45) is 0 Å². The third-order valence-corrected chi connectivity index (χ3v) is 4.07. The Labute approximate surface area is 166 Å². The maximum Gasteiger partial charge on any atom is 0.338 e. The molecular weight excluding hydrogens is 384 g/mol. The number of aromatic nitrogens is 3. The summed E-state index contributed by atoms with van der Waals surface area (Å²) in [5.41, 5.74) is 2.12. The van der Waals surface area contributed by atoms with E-state index in [2.05, 4.69) is 15.6 Å². The molecule has 0 spiro atoms. The second-order valence-electron chi connectivity index (χ2n) is 5.98. The zero-order valence-electron chi connectivity index (χ0n) is 15.2. The highest BCUT2D eigenvalue weighted by molar-refractivity contribution is 6.31. The number of halogens is 1. The molecule has 0 unspecified atom stereocenters. The fourth-order valence-corrected chi connectivity index (χ4v) is 2.53. The number of unbranched alkanes of at least 4 members (excludes halogenated alkanes) is 1. The highest BCUT2D eigenvalue weighted by Gasteiger charge is 2.10. The first-order valence-corrected chi connectivity index (χ1v) is 9.16. The number of ether oxygens (including phenoxy) is 1. The third kappa shape index (κ3) is 4.98. The highest BCUT2D eigenvalue weighted by atomic mass is 35.5. The number of anilines is 1. The van der Waals surface area contributed by atoms with Gasteiger partial charge in [0.1, 0.15) is 11.0 Å². The Balaban J connectivity index is 1.53. The molecule has 0 aliphatic heterocycles. The number of carbonyl (C=O) groups is 2. The summed E-state index contributed by atoms with van der Waals surface area (Å²) in [4.78, 5) is 30.5. The molecule has 3 rings (SSSR count). The van der Waals surface area contributed by atoms with E-state index in [0.717, 1.165) is 17.7 Å². The van der Waals surface area contributed by atoms with Crippen LogP contribution in [0.2, 0.25) is 5.02 Å². The summed E-state index contributed by atoms with van der Waals surface area (Å²) >= 11 is 5.95. The number of carbonyl (C=O) groups excluding carboxylic acids is 2. The van der Waals surface area contributed by atoms with Crippen LogP contribution < -0.4 is 10.2 Å². The summed E-state index contributed by atoms with van der Waals surface area (Å²) in [5.74, 6) is -0.768. The molecule has 1 amide bonds.